The molecule has 1 aliphatic heterocycles. The van der Waals surface area contributed by atoms with Gasteiger partial charge in [-0.1, -0.05) is 30.3 Å². The molecule has 2 aliphatic rings. The second kappa shape index (κ2) is 9.59. The van der Waals surface area contributed by atoms with Crippen LogP contribution in [-0.2, 0) is 36.8 Å². The lowest BCUT2D eigenvalue weighted by atomic mass is 10.1. The molecule has 0 radical (unpaired) electrons. The minimum absolute atomic E-state index is 0.0785. The molecule has 1 spiro atoms. The summed E-state index contributed by atoms with van der Waals surface area (Å²) >= 11 is 0. The summed E-state index contributed by atoms with van der Waals surface area (Å²) in [6.45, 7) is 0. The van der Waals surface area contributed by atoms with Crippen LogP contribution in [0, 0.1) is 5.92 Å². The van der Waals surface area contributed by atoms with Gasteiger partial charge in [0.1, 0.15) is 11.4 Å². The van der Waals surface area contributed by atoms with E-state index in [1.165, 1.54) is 12.3 Å². The molecule has 0 bridgehead atoms. The maximum Gasteiger partial charge on any atom is 0.501 e. The number of imide groups is 1. The van der Waals surface area contributed by atoms with Gasteiger partial charge in [-0.2, -0.15) is 13.2 Å². The Morgan fingerprint density at radius 1 is 0.975 bits per heavy atom. The van der Waals surface area contributed by atoms with Crippen molar-refractivity contribution in [2.24, 2.45) is 5.92 Å². The van der Waals surface area contributed by atoms with Gasteiger partial charge in [-0.05, 0) is 66.3 Å². The lowest BCUT2D eigenvalue weighted by Gasteiger charge is -2.14. The van der Waals surface area contributed by atoms with Gasteiger partial charge in [-0.25, -0.2) is 31.5 Å². The van der Waals surface area contributed by atoms with Gasteiger partial charge in [-0.3, -0.25) is 9.52 Å². The van der Waals surface area contributed by atoms with E-state index in [4.69, 9.17) is 0 Å². The second-order valence-electron chi connectivity index (χ2n) is 9.49. The van der Waals surface area contributed by atoms with Gasteiger partial charge in [0.2, 0.25) is 10.0 Å². The summed E-state index contributed by atoms with van der Waals surface area (Å²) in [6, 6.07) is 14.3. The Hall–Kier alpha value is -3.98. The average molecular weight is 595 g/mol. The number of benzene rings is 2. The van der Waals surface area contributed by atoms with E-state index in [-0.39, 0.29) is 29.6 Å². The fraction of sp³-hybridized carbons (Fsp3) is 0.240. The third-order valence-electron chi connectivity index (χ3n) is 6.70. The molecule has 1 saturated heterocycles. The van der Waals surface area contributed by atoms with Crippen LogP contribution in [0.2, 0.25) is 0 Å². The van der Waals surface area contributed by atoms with E-state index in [1.807, 2.05) is 0 Å². The molecular formula is C25H21F3N4O6S2. The number of pyridine rings is 1. The van der Waals surface area contributed by atoms with Gasteiger partial charge in [0.25, 0.3) is 15.7 Å². The number of nitrogens with one attached hydrogen (secondary N) is 2. The Bertz CT molecular complexity index is 1700. The van der Waals surface area contributed by atoms with Crippen molar-refractivity contribution in [3.8, 4) is 0 Å². The molecule has 2 atom stereocenters. The molecule has 1 saturated carbocycles. The van der Waals surface area contributed by atoms with Crippen molar-refractivity contribution in [2.75, 3.05) is 9.62 Å². The van der Waals surface area contributed by atoms with Crippen molar-refractivity contribution in [3.05, 3.63) is 84.1 Å². The second-order valence-corrected chi connectivity index (χ2v) is 13.1. The molecule has 10 nitrogen and oxygen atoms in total. The van der Waals surface area contributed by atoms with Crippen LogP contribution in [0.4, 0.5) is 29.5 Å². The van der Waals surface area contributed by atoms with Crippen LogP contribution in [0.3, 0.4) is 0 Å². The van der Waals surface area contributed by atoms with Gasteiger partial charge in [0.15, 0.2) is 0 Å². The smallest absolute Gasteiger partial charge is 0.322 e. The normalized spacial score (nSPS) is 21.0. The van der Waals surface area contributed by atoms with E-state index in [1.54, 1.807) is 36.4 Å². The Kier molecular flexibility index (Phi) is 6.61. The minimum Gasteiger partial charge on any atom is -0.322 e. The molecule has 3 amide bonds. The molecule has 3 aromatic rings. The monoisotopic (exact) mass is 594 g/mol. The maximum atomic E-state index is 13.2. The highest BCUT2D eigenvalue weighted by Gasteiger charge is 2.67. The molecule has 5 rings (SSSR count). The number of amides is 3. The summed E-state index contributed by atoms with van der Waals surface area (Å²) in [5.41, 5.74) is -5.54. The number of halogens is 3. The first-order chi connectivity index (χ1) is 18.7. The first-order valence-corrected chi connectivity index (χ1v) is 14.9. The highest BCUT2D eigenvalue weighted by Crippen LogP contribution is 2.50. The first-order valence-electron chi connectivity index (χ1n) is 11.8. The molecule has 15 heteroatoms. The summed E-state index contributed by atoms with van der Waals surface area (Å²) < 4.78 is 89.2. The zero-order valence-corrected chi connectivity index (χ0v) is 22.1. The van der Waals surface area contributed by atoms with E-state index in [2.05, 4.69) is 15.0 Å². The molecule has 2 N–H and O–H groups in total. The molecule has 2 fully saturated rings. The maximum absolute atomic E-state index is 13.2. The highest BCUT2D eigenvalue weighted by molar-refractivity contribution is 7.92. The largest absolute Gasteiger partial charge is 0.501 e. The SMILES string of the molecule is O=C1NC2(CC2Cc2ccnc(NS(=O)(=O)Cc3ccccc3)c2)C(=O)N1c1ccc(S(=O)(=O)C(F)(F)F)cc1. The van der Waals surface area contributed by atoms with Crippen LogP contribution < -0.4 is 14.9 Å². The molecule has 1 aliphatic carbocycles. The summed E-state index contributed by atoms with van der Waals surface area (Å²) in [6.07, 6.45) is 2.01. The average Bonchev–Trinajstić information content (AvgIpc) is 3.49. The van der Waals surface area contributed by atoms with E-state index in [0.717, 1.165) is 17.0 Å². The van der Waals surface area contributed by atoms with Crippen LogP contribution in [0.1, 0.15) is 17.5 Å². The van der Waals surface area contributed by atoms with E-state index in [9.17, 15) is 39.6 Å². The number of nitrogens with zero attached hydrogens (tertiary/aromatic N) is 2. The highest BCUT2D eigenvalue weighted by atomic mass is 32.2. The fourth-order valence-corrected chi connectivity index (χ4v) is 6.55. The van der Waals surface area contributed by atoms with Crippen molar-refractivity contribution in [2.45, 2.75) is 34.5 Å². The topological polar surface area (TPSA) is 143 Å². The third kappa shape index (κ3) is 5.13. The zero-order chi connectivity index (χ0) is 28.9. The third-order valence-corrected chi connectivity index (χ3v) is 9.43. The molecule has 40 heavy (non-hydrogen) atoms. The Labute approximate surface area is 227 Å². The molecular weight excluding hydrogens is 573 g/mol. The van der Waals surface area contributed by atoms with Crippen LogP contribution in [0.25, 0.3) is 0 Å². The number of carbonyl (C=O) groups is 2. The van der Waals surface area contributed by atoms with Crippen molar-refractivity contribution in [1.82, 2.24) is 10.3 Å². The quantitative estimate of drug-likeness (QED) is 0.381. The molecule has 2 unspecified atom stereocenters. The number of rotatable bonds is 8. The summed E-state index contributed by atoms with van der Waals surface area (Å²) in [5.74, 6) is -1.10. The van der Waals surface area contributed by atoms with Gasteiger partial charge in [-0.15, -0.1) is 0 Å². The van der Waals surface area contributed by atoms with E-state index >= 15 is 0 Å². The molecule has 2 heterocycles. The van der Waals surface area contributed by atoms with Crippen molar-refractivity contribution < 1.29 is 39.6 Å². The molecule has 2 aromatic carbocycles. The first kappa shape index (κ1) is 27.6. The molecule has 1 aromatic heterocycles. The zero-order valence-electron chi connectivity index (χ0n) is 20.4. The minimum atomic E-state index is -5.58. The van der Waals surface area contributed by atoms with Crippen molar-refractivity contribution in [3.63, 3.8) is 0 Å². The Morgan fingerprint density at radius 3 is 2.30 bits per heavy atom. The van der Waals surface area contributed by atoms with Gasteiger partial charge >= 0.3 is 11.5 Å². The van der Waals surface area contributed by atoms with Crippen LogP contribution in [0.5, 0.6) is 0 Å². The summed E-state index contributed by atoms with van der Waals surface area (Å²) in [7, 11) is -9.33. The number of urea groups is 1. The van der Waals surface area contributed by atoms with Gasteiger partial charge in [0, 0.05) is 6.20 Å². The predicted octanol–water partition coefficient (Wildman–Crippen LogP) is 3.37. The van der Waals surface area contributed by atoms with Crippen molar-refractivity contribution in [1.29, 1.82) is 0 Å². The Balaban J connectivity index is 1.27. The number of aromatic nitrogens is 1. The number of hydrogen-bond donors (Lipinski definition) is 2. The van der Waals surface area contributed by atoms with E-state index in [0.29, 0.717) is 29.7 Å². The number of sulfonamides is 1. The Morgan fingerprint density at radius 2 is 1.65 bits per heavy atom. The molecule has 210 valence electrons. The van der Waals surface area contributed by atoms with Crippen LogP contribution >= 0.6 is 0 Å². The number of hydrogen-bond acceptors (Lipinski definition) is 7. The van der Waals surface area contributed by atoms with E-state index < -0.39 is 47.7 Å². The number of anilines is 2. The van der Waals surface area contributed by atoms with Crippen LogP contribution in [0.15, 0.2) is 77.8 Å². The van der Waals surface area contributed by atoms with Crippen LogP contribution in [-0.4, -0.2) is 44.8 Å². The van der Waals surface area contributed by atoms with Gasteiger partial charge < -0.3 is 5.32 Å². The lowest BCUT2D eigenvalue weighted by Crippen LogP contribution is -2.35. The summed E-state index contributed by atoms with van der Waals surface area (Å²) in [4.78, 5) is 29.7. The number of sulfone groups is 1. The van der Waals surface area contributed by atoms with Crippen molar-refractivity contribution >= 4 is 43.3 Å². The lowest BCUT2D eigenvalue weighted by molar-refractivity contribution is -0.119. The van der Waals surface area contributed by atoms with Gasteiger partial charge in [0.05, 0.1) is 16.3 Å². The number of carbonyl (C=O) groups excluding carboxylic acids is 2. The predicted molar refractivity (Wildman–Crippen MR) is 137 cm³/mol. The fourth-order valence-electron chi connectivity index (χ4n) is 4.66. The summed E-state index contributed by atoms with van der Waals surface area (Å²) in [5, 5.41) is 2.63. The number of alkyl halides is 3. The standard InChI is InChI=1S/C25H21F3N4O6S2/c26-25(27,28)40(37,38)20-8-6-19(7-9-20)32-22(33)24(30-23(32)34)14-18(24)12-17-10-11-29-21(13-17)31-39(35,36)15-16-4-2-1-3-5-16/h1-11,13,18H,12,14-15H2,(H,29,31)(H,30,34).